The molecule has 1 aliphatic carbocycles. The molecule has 128 valence electrons. The molecule has 3 rings (SSSR count). The molecule has 0 amide bonds. The van der Waals surface area contributed by atoms with Gasteiger partial charge in [0, 0.05) is 19.6 Å². The smallest absolute Gasteiger partial charge is 0.125 e. The fourth-order valence-corrected chi connectivity index (χ4v) is 3.63. The number of aryl methyl sites for hydroxylation is 2. The zero-order valence-electron chi connectivity index (χ0n) is 14.6. The lowest BCUT2D eigenvalue weighted by molar-refractivity contribution is -0.155. The number of nitrogens with zero attached hydrogens (tertiary/aromatic N) is 1. The van der Waals surface area contributed by atoms with Crippen LogP contribution in [0.2, 0.25) is 0 Å². The van der Waals surface area contributed by atoms with Gasteiger partial charge in [-0.1, -0.05) is 12.1 Å². The van der Waals surface area contributed by atoms with Crippen molar-refractivity contribution in [1.82, 2.24) is 4.90 Å². The number of aliphatic hydroxyl groups is 1. The third-order valence-electron chi connectivity index (χ3n) is 5.35. The summed E-state index contributed by atoms with van der Waals surface area (Å²) >= 11 is 0. The Morgan fingerprint density at radius 2 is 2.00 bits per heavy atom. The average Bonchev–Trinajstić information content (AvgIpc) is 2.50. The van der Waals surface area contributed by atoms with E-state index in [9.17, 15) is 5.11 Å². The Morgan fingerprint density at radius 1 is 1.26 bits per heavy atom. The van der Waals surface area contributed by atoms with E-state index < -0.39 is 6.10 Å². The van der Waals surface area contributed by atoms with Gasteiger partial charge in [-0.05, 0) is 56.7 Å². The summed E-state index contributed by atoms with van der Waals surface area (Å²) < 4.78 is 11.9. The van der Waals surface area contributed by atoms with Gasteiger partial charge in [0.2, 0.25) is 0 Å². The number of ether oxygens (including phenoxy) is 2. The van der Waals surface area contributed by atoms with Crippen LogP contribution in [0.4, 0.5) is 0 Å². The van der Waals surface area contributed by atoms with Crippen LogP contribution in [0.15, 0.2) is 12.1 Å². The Morgan fingerprint density at radius 3 is 2.70 bits per heavy atom. The largest absolute Gasteiger partial charge is 0.490 e. The van der Waals surface area contributed by atoms with E-state index in [0.717, 1.165) is 49.4 Å². The zero-order chi connectivity index (χ0) is 16.4. The highest BCUT2D eigenvalue weighted by molar-refractivity contribution is 5.44. The molecule has 1 heterocycles. The summed E-state index contributed by atoms with van der Waals surface area (Å²) in [4.78, 5) is 2.33. The third-order valence-corrected chi connectivity index (χ3v) is 5.35. The first-order valence-electron chi connectivity index (χ1n) is 8.73. The first kappa shape index (κ1) is 16.7. The lowest BCUT2D eigenvalue weighted by atomic mass is 9.79. The second-order valence-corrected chi connectivity index (χ2v) is 7.24. The Labute approximate surface area is 139 Å². The van der Waals surface area contributed by atoms with E-state index in [1.165, 1.54) is 12.0 Å². The van der Waals surface area contributed by atoms with Gasteiger partial charge in [0.05, 0.1) is 12.2 Å². The summed E-state index contributed by atoms with van der Waals surface area (Å²) in [6.45, 7) is 9.86. The summed E-state index contributed by atoms with van der Waals surface area (Å²) in [5, 5.41) is 10.4. The van der Waals surface area contributed by atoms with Crippen molar-refractivity contribution in [1.29, 1.82) is 0 Å². The van der Waals surface area contributed by atoms with Crippen LogP contribution in [0, 0.1) is 20.8 Å². The normalized spacial score (nSPS) is 21.9. The van der Waals surface area contributed by atoms with Crippen LogP contribution < -0.4 is 4.74 Å². The molecule has 1 N–H and O–H groups in total. The maximum Gasteiger partial charge on any atom is 0.125 e. The molecule has 1 saturated heterocycles. The Hall–Kier alpha value is -1.10. The van der Waals surface area contributed by atoms with Crippen molar-refractivity contribution in [3.63, 3.8) is 0 Å². The van der Waals surface area contributed by atoms with Gasteiger partial charge in [-0.3, -0.25) is 4.90 Å². The van der Waals surface area contributed by atoms with E-state index in [-0.39, 0.29) is 5.60 Å². The van der Waals surface area contributed by atoms with Crippen LogP contribution in [0.25, 0.3) is 0 Å². The Kier molecular flexibility index (Phi) is 4.95. The molecule has 0 aromatic heterocycles. The molecule has 4 heteroatoms. The molecule has 1 atom stereocenters. The summed E-state index contributed by atoms with van der Waals surface area (Å²) in [5.41, 5.74) is 3.60. The summed E-state index contributed by atoms with van der Waals surface area (Å²) in [6.07, 6.45) is 3.13. The lowest BCUT2D eigenvalue weighted by Gasteiger charge is -2.48. The highest BCUT2D eigenvalue weighted by Crippen LogP contribution is 2.38. The quantitative estimate of drug-likeness (QED) is 0.906. The maximum atomic E-state index is 10.4. The predicted octanol–water partition coefficient (Wildman–Crippen LogP) is 2.61. The van der Waals surface area contributed by atoms with Gasteiger partial charge in [0.15, 0.2) is 0 Å². The molecule has 1 spiro atoms. The second kappa shape index (κ2) is 6.80. The highest BCUT2D eigenvalue weighted by atomic mass is 16.5. The number of aliphatic hydroxyl groups excluding tert-OH is 1. The van der Waals surface area contributed by atoms with E-state index in [0.29, 0.717) is 13.2 Å². The number of hydrogen-bond acceptors (Lipinski definition) is 4. The lowest BCUT2D eigenvalue weighted by Crippen LogP contribution is -2.57. The standard InChI is InChI=1S/C19H29NO3/c1-14-5-6-15(2)18(16(14)3)22-12-17(21)11-20-9-10-23-19(13-20)7-4-8-19/h5-6,17,21H,4,7-13H2,1-3H3. The number of morpholine rings is 1. The number of rotatable bonds is 5. The van der Waals surface area contributed by atoms with Crippen molar-refractivity contribution in [3.8, 4) is 5.75 Å². The van der Waals surface area contributed by atoms with Crippen LogP contribution in [0.1, 0.15) is 36.0 Å². The van der Waals surface area contributed by atoms with E-state index in [1.54, 1.807) is 0 Å². The summed E-state index contributed by atoms with van der Waals surface area (Å²) in [5.74, 6) is 0.918. The van der Waals surface area contributed by atoms with Crippen LogP contribution in [0.3, 0.4) is 0 Å². The topological polar surface area (TPSA) is 41.9 Å². The van der Waals surface area contributed by atoms with E-state index in [2.05, 4.69) is 37.8 Å². The highest BCUT2D eigenvalue weighted by Gasteiger charge is 2.42. The van der Waals surface area contributed by atoms with E-state index in [4.69, 9.17) is 9.47 Å². The fourth-order valence-electron chi connectivity index (χ4n) is 3.63. The molecule has 1 saturated carbocycles. The monoisotopic (exact) mass is 319 g/mol. The van der Waals surface area contributed by atoms with Gasteiger partial charge < -0.3 is 14.6 Å². The molecule has 1 aromatic carbocycles. The molecule has 0 radical (unpaired) electrons. The predicted molar refractivity (Wildman–Crippen MR) is 91.1 cm³/mol. The molecular formula is C19H29NO3. The maximum absolute atomic E-state index is 10.4. The first-order valence-corrected chi connectivity index (χ1v) is 8.73. The van der Waals surface area contributed by atoms with E-state index in [1.807, 2.05) is 0 Å². The molecule has 1 aliphatic heterocycles. The van der Waals surface area contributed by atoms with Crippen molar-refractivity contribution < 1.29 is 14.6 Å². The van der Waals surface area contributed by atoms with Crippen LogP contribution in [-0.2, 0) is 4.74 Å². The minimum Gasteiger partial charge on any atom is -0.490 e. The SMILES string of the molecule is Cc1ccc(C)c(OCC(O)CN2CCOC3(CCC3)C2)c1C. The van der Waals surface area contributed by atoms with Crippen molar-refractivity contribution in [2.24, 2.45) is 0 Å². The Balaban J connectivity index is 1.52. The van der Waals surface area contributed by atoms with E-state index >= 15 is 0 Å². The van der Waals surface area contributed by atoms with Crippen LogP contribution >= 0.6 is 0 Å². The minimum absolute atomic E-state index is 0.0859. The van der Waals surface area contributed by atoms with Crippen molar-refractivity contribution in [2.75, 3.05) is 32.8 Å². The number of hydrogen-bond donors (Lipinski definition) is 1. The molecule has 1 unspecified atom stereocenters. The molecule has 4 nitrogen and oxygen atoms in total. The van der Waals surface area contributed by atoms with Crippen molar-refractivity contribution in [2.45, 2.75) is 51.7 Å². The molecule has 0 bridgehead atoms. The van der Waals surface area contributed by atoms with Crippen molar-refractivity contribution in [3.05, 3.63) is 28.8 Å². The van der Waals surface area contributed by atoms with Gasteiger partial charge in [-0.2, -0.15) is 0 Å². The molecule has 23 heavy (non-hydrogen) atoms. The second-order valence-electron chi connectivity index (χ2n) is 7.24. The van der Waals surface area contributed by atoms with Crippen molar-refractivity contribution >= 4 is 0 Å². The number of β-amino-alcohol motifs (C(OH)–C–C–N with tert-alkyl or cyclic N) is 1. The summed E-state index contributed by atoms with van der Waals surface area (Å²) in [6, 6.07) is 4.19. The zero-order valence-corrected chi connectivity index (χ0v) is 14.6. The third kappa shape index (κ3) is 3.70. The molecular weight excluding hydrogens is 290 g/mol. The van der Waals surface area contributed by atoms with Crippen LogP contribution in [0.5, 0.6) is 5.75 Å². The molecule has 1 aromatic rings. The van der Waals surface area contributed by atoms with Gasteiger partial charge >= 0.3 is 0 Å². The van der Waals surface area contributed by atoms with Crippen LogP contribution in [-0.4, -0.2) is 54.6 Å². The van der Waals surface area contributed by atoms with Gasteiger partial charge in [-0.15, -0.1) is 0 Å². The average molecular weight is 319 g/mol. The van der Waals surface area contributed by atoms with Gasteiger partial charge in [-0.25, -0.2) is 0 Å². The fraction of sp³-hybridized carbons (Fsp3) is 0.684. The van der Waals surface area contributed by atoms with Gasteiger partial charge in [0.1, 0.15) is 18.5 Å². The summed E-state index contributed by atoms with van der Waals surface area (Å²) in [7, 11) is 0. The first-order chi connectivity index (χ1) is 11.0. The minimum atomic E-state index is -0.468. The Bertz CT molecular complexity index is 554. The molecule has 2 aliphatic rings. The number of benzene rings is 1. The molecule has 2 fully saturated rings. The van der Waals surface area contributed by atoms with Gasteiger partial charge in [0.25, 0.3) is 0 Å².